The van der Waals surface area contributed by atoms with Crippen LogP contribution in [0, 0.1) is 5.82 Å². The predicted octanol–water partition coefficient (Wildman–Crippen LogP) is 1.26. The highest BCUT2D eigenvalue weighted by Gasteiger charge is 2.19. The van der Waals surface area contributed by atoms with Gasteiger partial charge in [-0.05, 0) is 18.2 Å². The molecule has 5 nitrogen and oxygen atoms in total. The molecule has 16 heavy (non-hydrogen) atoms. The number of benzene rings is 1. The van der Waals surface area contributed by atoms with Gasteiger partial charge >= 0.3 is 0 Å². The molecule has 84 valence electrons. The number of nitrogens with two attached hydrogens (primary N) is 1. The first-order valence-electron chi connectivity index (χ1n) is 4.48. The van der Waals surface area contributed by atoms with Gasteiger partial charge in [0, 0.05) is 10.0 Å². The maximum absolute atomic E-state index is 13.6. The summed E-state index contributed by atoms with van der Waals surface area (Å²) in [6, 6.07) is 4.06. The molecule has 2 rings (SSSR count). The van der Waals surface area contributed by atoms with Gasteiger partial charge in [-0.3, -0.25) is 10.9 Å². The van der Waals surface area contributed by atoms with Crippen LogP contribution in [-0.2, 0) is 0 Å². The van der Waals surface area contributed by atoms with E-state index in [1.54, 1.807) is 12.1 Å². The molecule has 0 amide bonds. The van der Waals surface area contributed by atoms with Crippen molar-refractivity contribution in [2.75, 3.05) is 0 Å². The lowest BCUT2D eigenvalue weighted by atomic mass is 10.1. The molecule has 0 saturated carbocycles. The first kappa shape index (κ1) is 11.2. The van der Waals surface area contributed by atoms with Crippen molar-refractivity contribution in [3.8, 4) is 0 Å². The molecule has 0 spiro atoms. The summed E-state index contributed by atoms with van der Waals surface area (Å²) in [5.41, 5.74) is 2.89. The fourth-order valence-electron chi connectivity index (χ4n) is 1.41. The van der Waals surface area contributed by atoms with Gasteiger partial charge in [0.1, 0.15) is 24.0 Å². The van der Waals surface area contributed by atoms with Crippen molar-refractivity contribution >= 4 is 15.9 Å². The van der Waals surface area contributed by atoms with Crippen LogP contribution in [-0.4, -0.2) is 15.2 Å². The second-order valence-electron chi connectivity index (χ2n) is 3.14. The van der Waals surface area contributed by atoms with Gasteiger partial charge in [-0.2, -0.15) is 5.10 Å². The zero-order valence-corrected chi connectivity index (χ0v) is 9.70. The zero-order chi connectivity index (χ0) is 11.5. The molecule has 0 aliphatic heterocycles. The minimum Gasteiger partial charge on any atom is -0.270 e. The van der Waals surface area contributed by atoms with Crippen LogP contribution in [0.2, 0.25) is 0 Å². The molecule has 2 aromatic rings. The molecular formula is C9H9BrFN5. The van der Waals surface area contributed by atoms with Gasteiger partial charge in [-0.15, -0.1) is 0 Å². The van der Waals surface area contributed by atoms with Crippen molar-refractivity contribution < 1.29 is 4.39 Å². The number of hydrazine groups is 1. The third-order valence-electron chi connectivity index (χ3n) is 2.14. The molecule has 0 saturated heterocycles. The van der Waals surface area contributed by atoms with E-state index in [2.05, 4.69) is 36.5 Å². The minimum absolute atomic E-state index is 0.359. The average Bonchev–Trinajstić information content (AvgIpc) is 2.78. The number of aromatic amines is 1. The Kier molecular flexibility index (Phi) is 3.28. The Hall–Kier alpha value is -1.31. The molecule has 1 unspecified atom stereocenters. The number of halogens is 2. The number of nitrogens with zero attached hydrogens (tertiary/aromatic N) is 2. The van der Waals surface area contributed by atoms with E-state index in [-0.39, 0.29) is 5.82 Å². The summed E-state index contributed by atoms with van der Waals surface area (Å²) < 4.78 is 14.4. The molecule has 1 heterocycles. The van der Waals surface area contributed by atoms with Gasteiger partial charge in [0.2, 0.25) is 0 Å². The SMILES string of the molecule is NNC(c1ncn[nH]1)c1cc(Br)ccc1F. The molecule has 0 radical (unpaired) electrons. The smallest absolute Gasteiger partial charge is 0.147 e. The number of rotatable bonds is 3. The van der Waals surface area contributed by atoms with Gasteiger partial charge in [0.15, 0.2) is 0 Å². The monoisotopic (exact) mass is 285 g/mol. The van der Waals surface area contributed by atoms with Crippen LogP contribution in [0.1, 0.15) is 17.4 Å². The number of hydrogen-bond acceptors (Lipinski definition) is 4. The van der Waals surface area contributed by atoms with Gasteiger partial charge in [-0.1, -0.05) is 15.9 Å². The van der Waals surface area contributed by atoms with Crippen molar-refractivity contribution in [3.63, 3.8) is 0 Å². The van der Waals surface area contributed by atoms with Crippen LogP contribution in [0.4, 0.5) is 4.39 Å². The lowest BCUT2D eigenvalue weighted by molar-refractivity contribution is 0.544. The molecular weight excluding hydrogens is 277 g/mol. The van der Waals surface area contributed by atoms with Gasteiger partial charge in [0.05, 0.1) is 0 Å². The van der Waals surface area contributed by atoms with Crippen molar-refractivity contribution in [2.24, 2.45) is 5.84 Å². The van der Waals surface area contributed by atoms with Crippen LogP contribution in [0.25, 0.3) is 0 Å². The van der Waals surface area contributed by atoms with E-state index in [9.17, 15) is 4.39 Å². The van der Waals surface area contributed by atoms with Gasteiger partial charge < -0.3 is 0 Å². The summed E-state index contributed by atoms with van der Waals surface area (Å²) in [6.07, 6.45) is 1.34. The summed E-state index contributed by atoms with van der Waals surface area (Å²) in [5.74, 6) is 5.49. The van der Waals surface area contributed by atoms with Crippen molar-refractivity contribution in [1.82, 2.24) is 20.6 Å². The van der Waals surface area contributed by atoms with Gasteiger partial charge in [-0.25, -0.2) is 14.8 Å². The first-order chi connectivity index (χ1) is 7.72. The van der Waals surface area contributed by atoms with E-state index < -0.39 is 6.04 Å². The molecule has 0 fully saturated rings. The maximum atomic E-state index is 13.6. The number of H-pyrrole nitrogens is 1. The maximum Gasteiger partial charge on any atom is 0.147 e. The van der Waals surface area contributed by atoms with E-state index in [1.165, 1.54) is 12.4 Å². The lowest BCUT2D eigenvalue weighted by Crippen LogP contribution is -2.30. The third-order valence-corrected chi connectivity index (χ3v) is 2.64. The molecule has 0 bridgehead atoms. The van der Waals surface area contributed by atoms with Crippen molar-refractivity contribution in [2.45, 2.75) is 6.04 Å². The summed E-state index contributed by atoms with van der Waals surface area (Å²) in [4.78, 5) is 3.94. The minimum atomic E-state index is -0.556. The lowest BCUT2D eigenvalue weighted by Gasteiger charge is -2.14. The molecule has 0 aliphatic carbocycles. The van der Waals surface area contributed by atoms with E-state index in [4.69, 9.17) is 5.84 Å². The highest BCUT2D eigenvalue weighted by Crippen LogP contribution is 2.24. The van der Waals surface area contributed by atoms with Crippen LogP contribution >= 0.6 is 15.9 Å². The largest absolute Gasteiger partial charge is 0.270 e. The predicted molar refractivity (Wildman–Crippen MR) is 59.6 cm³/mol. The molecule has 7 heteroatoms. The molecule has 4 N–H and O–H groups in total. The quantitative estimate of drug-likeness (QED) is 0.586. The Balaban J connectivity index is 2.44. The van der Waals surface area contributed by atoms with Crippen LogP contribution in [0.3, 0.4) is 0 Å². The normalized spacial score (nSPS) is 12.7. The molecule has 1 atom stereocenters. The second-order valence-corrected chi connectivity index (χ2v) is 4.05. The highest BCUT2D eigenvalue weighted by molar-refractivity contribution is 9.10. The average molecular weight is 286 g/mol. The third kappa shape index (κ3) is 2.11. The van der Waals surface area contributed by atoms with Crippen LogP contribution in [0.15, 0.2) is 29.0 Å². The van der Waals surface area contributed by atoms with Crippen LogP contribution < -0.4 is 11.3 Å². The number of hydrogen-bond donors (Lipinski definition) is 3. The summed E-state index contributed by atoms with van der Waals surface area (Å²) >= 11 is 3.28. The first-order valence-corrected chi connectivity index (χ1v) is 5.28. The fourth-order valence-corrected chi connectivity index (χ4v) is 1.78. The fraction of sp³-hybridized carbons (Fsp3) is 0.111. The topological polar surface area (TPSA) is 79.6 Å². The van der Waals surface area contributed by atoms with E-state index in [0.717, 1.165) is 4.47 Å². The highest BCUT2D eigenvalue weighted by atomic mass is 79.9. The van der Waals surface area contributed by atoms with Gasteiger partial charge in [0.25, 0.3) is 0 Å². The summed E-state index contributed by atoms with van der Waals surface area (Å²) in [5, 5.41) is 6.35. The second kappa shape index (κ2) is 4.69. The summed E-state index contributed by atoms with van der Waals surface area (Å²) in [7, 11) is 0. The van der Waals surface area contributed by atoms with E-state index >= 15 is 0 Å². The standard InChI is InChI=1S/C9H9BrFN5/c10-5-1-2-7(11)6(3-5)8(15-12)9-13-4-14-16-9/h1-4,8,15H,12H2,(H,13,14,16). The number of nitrogens with one attached hydrogen (secondary N) is 2. The Labute approximate surface area is 99.4 Å². The van der Waals surface area contributed by atoms with E-state index in [0.29, 0.717) is 11.4 Å². The van der Waals surface area contributed by atoms with Crippen molar-refractivity contribution in [1.29, 1.82) is 0 Å². The summed E-state index contributed by atoms with van der Waals surface area (Å²) in [6.45, 7) is 0. The Morgan fingerprint density at radius 3 is 2.94 bits per heavy atom. The Bertz CT molecular complexity index is 473. The molecule has 1 aromatic carbocycles. The zero-order valence-electron chi connectivity index (χ0n) is 8.11. The van der Waals surface area contributed by atoms with Crippen molar-refractivity contribution in [3.05, 3.63) is 46.2 Å². The Morgan fingerprint density at radius 2 is 2.31 bits per heavy atom. The number of aromatic nitrogens is 3. The molecule has 1 aromatic heterocycles. The van der Waals surface area contributed by atoms with E-state index in [1.807, 2.05) is 0 Å². The molecule has 0 aliphatic rings. The Morgan fingerprint density at radius 1 is 1.50 bits per heavy atom. The van der Waals surface area contributed by atoms with Crippen LogP contribution in [0.5, 0.6) is 0 Å².